The van der Waals surface area contributed by atoms with Crippen LogP contribution in [0.4, 0.5) is 0 Å². The van der Waals surface area contributed by atoms with Crippen molar-refractivity contribution in [2.24, 2.45) is 0 Å². The van der Waals surface area contributed by atoms with Crippen LogP contribution in [0.3, 0.4) is 0 Å². The molecule has 2 aromatic rings. The summed E-state index contributed by atoms with van der Waals surface area (Å²) in [4.78, 5) is 16.5. The van der Waals surface area contributed by atoms with Gasteiger partial charge in [0.2, 0.25) is 0 Å². The Bertz CT molecular complexity index is 720. The highest BCUT2D eigenvalue weighted by Crippen LogP contribution is 2.34. The smallest absolute Gasteiger partial charge is 0.313 e. The van der Waals surface area contributed by atoms with Crippen LogP contribution < -0.4 is 10.3 Å². The van der Waals surface area contributed by atoms with E-state index in [4.69, 9.17) is 4.74 Å². The molecule has 0 unspecified atom stereocenters. The summed E-state index contributed by atoms with van der Waals surface area (Å²) in [6.07, 6.45) is 5.47. The number of aromatic nitrogens is 2. The molecule has 1 aromatic carbocycles. The molecule has 0 saturated heterocycles. The summed E-state index contributed by atoms with van der Waals surface area (Å²) in [5.74, 6) is 1.13. The Morgan fingerprint density at radius 3 is 2.81 bits per heavy atom. The van der Waals surface area contributed by atoms with E-state index in [1.165, 1.54) is 0 Å². The average Bonchev–Trinajstić information content (AvgIpc) is 3.27. The Kier molecular flexibility index (Phi) is 3.85. The first-order valence-corrected chi connectivity index (χ1v) is 7.90. The van der Waals surface area contributed by atoms with Gasteiger partial charge in [0, 0.05) is 22.9 Å². The maximum Gasteiger partial charge on any atom is 0.313 e. The Morgan fingerprint density at radius 1 is 1.38 bits per heavy atom. The highest BCUT2D eigenvalue weighted by molar-refractivity contribution is 9.10. The third-order valence-corrected chi connectivity index (χ3v) is 4.07. The molecule has 0 amide bonds. The fourth-order valence-electron chi connectivity index (χ4n) is 2.28. The van der Waals surface area contributed by atoms with Crippen molar-refractivity contribution < 1.29 is 4.74 Å². The number of hydrogen-bond acceptors (Lipinski definition) is 3. The van der Waals surface area contributed by atoms with Gasteiger partial charge >= 0.3 is 5.56 Å². The first-order chi connectivity index (χ1) is 10.1. The predicted octanol–water partition coefficient (Wildman–Crippen LogP) is 4.26. The van der Waals surface area contributed by atoms with E-state index in [9.17, 15) is 4.79 Å². The molecule has 21 heavy (non-hydrogen) atoms. The van der Waals surface area contributed by atoms with Crippen molar-refractivity contribution in [1.82, 2.24) is 9.55 Å². The van der Waals surface area contributed by atoms with Gasteiger partial charge in [-0.1, -0.05) is 29.8 Å². The highest BCUT2D eigenvalue weighted by Gasteiger charge is 2.26. The summed E-state index contributed by atoms with van der Waals surface area (Å²) in [6, 6.07) is 6.11. The molecular formula is C16H17BrN2O2. The normalized spacial score (nSPS) is 14.5. The second kappa shape index (κ2) is 5.64. The molecule has 0 N–H and O–H groups in total. The van der Waals surface area contributed by atoms with E-state index in [0.29, 0.717) is 17.7 Å². The minimum atomic E-state index is -0.155. The number of rotatable bonds is 4. The van der Waals surface area contributed by atoms with E-state index in [1.54, 1.807) is 17.0 Å². The van der Waals surface area contributed by atoms with Crippen LogP contribution in [0.2, 0.25) is 0 Å². The summed E-state index contributed by atoms with van der Waals surface area (Å²) in [6.45, 7) is 4.19. The molecule has 110 valence electrons. The van der Waals surface area contributed by atoms with Gasteiger partial charge in [0.1, 0.15) is 5.75 Å². The molecular weight excluding hydrogens is 332 g/mol. The SMILES string of the molecule is CC(C)c1cc(Br)ccc1Oc1nccn(C2CC2)c1=O. The van der Waals surface area contributed by atoms with E-state index in [0.717, 1.165) is 22.9 Å². The summed E-state index contributed by atoms with van der Waals surface area (Å²) in [5.41, 5.74) is 0.894. The van der Waals surface area contributed by atoms with Crippen LogP contribution >= 0.6 is 15.9 Å². The maximum absolute atomic E-state index is 12.4. The third-order valence-electron chi connectivity index (χ3n) is 3.58. The number of ether oxygens (including phenoxy) is 1. The second-order valence-corrected chi connectivity index (χ2v) is 6.53. The monoisotopic (exact) mass is 348 g/mol. The quantitative estimate of drug-likeness (QED) is 0.829. The Morgan fingerprint density at radius 2 is 2.14 bits per heavy atom. The van der Waals surface area contributed by atoms with Crippen LogP contribution in [0.25, 0.3) is 0 Å². The lowest BCUT2D eigenvalue weighted by molar-refractivity contribution is 0.437. The molecule has 1 fully saturated rings. The molecule has 1 saturated carbocycles. The fraction of sp³-hybridized carbons (Fsp3) is 0.375. The molecule has 0 atom stereocenters. The molecule has 4 nitrogen and oxygen atoms in total. The van der Waals surface area contributed by atoms with Crippen LogP contribution in [0.15, 0.2) is 39.9 Å². The second-order valence-electron chi connectivity index (χ2n) is 5.61. The van der Waals surface area contributed by atoms with E-state index in [2.05, 4.69) is 34.8 Å². The van der Waals surface area contributed by atoms with E-state index in [-0.39, 0.29) is 11.4 Å². The molecule has 0 bridgehead atoms. The largest absolute Gasteiger partial charge is 0.434 e. The Labute approximate surface area is 131 Å². The highest BCUT2D eigenvalue weighted by atomic mass is 79.9. The van der Waals surface area contributed by atoms with Gasteiger partial charge in [0.25, 0.3) is 5.88 Å². The first kappa shape index (κ1) is 14.3. The standard InChI is InChI=1S/C16H17BrN2O2/c1-10(2)13-9-11(17)3-6-14(13)21-15-16(20)19(8-7-18-15)12-4-5-12/h3,6-10,12H,4-5H2,1-2H3. The van der Waals surface area contributed by atoms with Gasteiger partial charge in [0.15, 0.2) is 0 Å². The molecule has 1 aliphatic carbocycles. The minimum Gasteiger partial charge on any atom is -0.434 e. The van der Waals surface area contributed by atoms with Gasteiger partial charge < -0.3 is 9.30 Å². The zero-order chi connectivity index (χ0) is 15.0. The molecule has 5 heteroatoms. The number of benzene rings is 1. The van der Waals surface area contributed by atoms with E-state index >= 15 is 0 Å². The number of nitrogens with zero attached hydrogens (tertiary/aromatic N) is 2. The third kappa shape index (κ3) is 3.02. The van der Waals surface area contributed by atoms with Crippen LogP contribution in [-0.2, 0) is 0 Å². The lowest BCUT2D eigenvalue weighted by Gasteiger charge is -2.14. The first-order valence-electron chi connectivity index (χ1n) is 7.10. The van der Waals surface area contributed by atoms with Crippen molar-refractivity contribution in [2.45, 2.75) is 38.6 Å². The van der Waals surface area contributed by atoms with Gasteiger partial charge in [-0.25, -0.2) is 4.98 Å². The molecule has 1 heterocycles. The van der Waals surface area contributed by atoms with Crippen LogP contribution in [0, 0.1) is 0 Å². The summed E-state index contributed by atoms with van der Waals surface area (Å²) in [5, 5.41) is 0. The molecule has 0 aliphatic heterocycles. The summed E-state index contributed by atoms with van der Waals surface area (Å²) >= 11 is 3.47. The lowest BCUT2D eigenvalue weighted by Crippen LogP contribution is -2.20. The summed E-state index contributed by atoms with van der Waals surface area (Å²) in [7, 11) is 0. The lowest BCUT2D eigenvalue weighted by atomic mass is 10.0. The van der Waals surface area contributed by atoms with Crippen molar-refractivity contribution in [3.8, 4) is 11.6 Å². The zero-order valence-corrected chi connectivity index (χ0v) is 13.6. The van der Waals surface area contributed by atoms with Crippen molar-refractivity contribution in [3.63, 3.8) is 0 Å². The van der Waals surface area contributed by atoms with Gasteiger partial charge in [-0.3, -0.25) is 4.79 Å². The minimum absolute atomic E-state index is 0.147. The molecule has 0 radical (unpaired) electrons. The van der Waals surface area contributed by atoms with Crippen LogP contribution in [-0.4, -0.2) is 9.55 Å². The molecule has 1 aromatic heterocycles. The number of hydrogen-bond donors (Lipinski definition) is 0. The Hall–Kier alpha value is -1.62. The van der Waals surface area contributed by atoms with Gasteiger partial charge in [0.05, 0.1) is 0 Å². The van der Waals surface area contributed by atoms with E-state index < -0.39 is 0 Å². The predicted molar refractivity (Wildman–Crippen MR) is 85.1 cm³/mol. The topological polar surface area (TPSA) is 44.1 Å². The van der Waals surface area contributed by atoms with Gasteiger partial charge in [-0.2, -0.15) is 0 Å². The summed E-state index contributed by atoms with van der Waals surface area (Å²) < 4.78 is 8.52. The fourth-order valence-corrected chi connectivity index (χ4v) is 2.66. The van der Waals surface area contributed by atoms with Crippen molar-refractivity contribution in [3.05, 3.63) is 51.0 Å². The van der Waals surface area contributed by atoms with Gasteiger partial charge in [-0.05, 0) is 42.5 Å². The average molecular weight is 349 g/mol. The van der Waals surface area contributed by atoms with Crippen molar-refractivity contribution in [2.75, 3.05) is 0 Å². The van der Waals surface area contributed by atoms with Crippen molar-refractivity contribution in [1.29, 1.82) is 0 Å². The van der Waals surface area contributed by atoms with Crippen LogP contribution in [0.1, 0.15) is 44.2 Å². The van der Waals surface area contributed by atoms with Gasteiger partial charge in [-0.15, -0.1) is 0 Å². The molecule has 1 aliphatic rings. The zero-order valence-electron chi connectivity index (χ0n) is 12.0. The maximum atomic E-state index is 12.4. The molecule has 3 rings (SSSR count). The van der Waals surface area contributed by atoms with Crippen LogP contribution in [0.5, 0.6) is 11.6 Å². The Balaban J connectivity index is 1.97. The van der Waals surface area contributed by atoms with Crippen molar-refractivity contribution >= 4 is 15.9 Å². The number of halogens is 1. The molecule has 0 spiro atoms. The van der Waals surface area contributed by atoms with E-state index in [1.807, 2.05) is 18.2 Å².